The molecular weight excluding hydrogens is 372 g/mol. The van der Waals surface area contributed by atoms with Crippen LogP contribution in [0.5, 0.6) is 0 Å². The van der Waals surface area contributed by atoms with Gasteiger partial charge in [0.1, 0.15) is 6.04 Å². The number of anilines is 2. The van der Waals surface area contributed by atoms with Gasteiger partial charge in [-0.05, 0) is 48.4 Å². The van der Waals surface area contributed by atoms with Crippen molar-refractivity contribution in [1.29, 1.82) is 0 Å². The highest BCUT2D eigenvalue weighted by molar-refractivity contribution is 6.23. The van der Waals surface area contributed by atoms with Gasteiger partial charge in [0.2, 0.25) is 11.8 Å². The Kier molecular flexibility index (Phi) is 4.54. The van der Waals surface area contributed by atoms with Crippen LogP contribution in [0.3, 0.4) is 0 Å². The van der Waals surface area contributed by atoms with Gasteiger partial charge in [0.25, 0.3) is 11.8 Å². The van der Waals surface area contributed by atoms with E-state index in [1.807, 2.05) is 36.2 Å². The maximum atomic E-state index is 12.9. The number of piperidine rings is 1. The van der Waals surface area contributed by atoms with Gasteiger partial charge >= 0.3 is 0 Å². The highest BCUT2D eigenvalue weighted by atomic mass is 16.2. The van der Waals surface area contributed by atoms with Gasteiger partial charge in [-0.1, -0.05) is 6.07 Å². The molecular formula is C21H20N4O4. The second-order valence-electron chi connectivity index (χ2n) is 7.27. The van der Waals surface area contributed by atoms with Crippen molar-refractivity contribution in [3.8, 4) is 0 Å². The van der Waals surface area contributed by atoms with E-state index in [9.17, 15) is 19.2 Å². The van der Waals surface area contributed by atoms with Gasteiger partial charge in [-0.15, -0.1) is 0 Å². The molecule has 8 nitrogen and oxygen atoms in total. The van der Waals surface area contributed by atoms with Gasteiger partial charge < -0.3 is 10.6 Å². The number of imide groups is 2. The molecule has 0 aliphatic carbocycles. The summed E-state index contributed by atoms with van der Waals surface area (Å²) in [6.07, 6.45) is 0.240. The van der Waals surface area contributed by atoms with Crippen LogP contribution in [0.2, 0.25) is 0 Å². The number of benzene rings is 2. The van der Waals surface area contributed by atoms with Crippen molar-refractivity contribution in [2.75, 3.05) is 17.7 Å². The lowest BCUT2D eigenvalue weighted by atomic mass is 10.0. The van der Waals surface area contributed by atoms with E-state index in [1.165, 1.54) is 0 Å². The monoisotopic (exact) mass is 392 g/mol. The first kappa shape index (κ1) is 18.7. The number of rotatable bonds is 4. The van der Waals surface area contributed by atoms with Crippen LogP contribution in [-0.2, 0) is 16.1 Å². The fourth-order valence-electron chi connectivity index (χ4n) is 3.71. The predicted octanol–water partition coefficient (Wildman–Crippen LogP) is 1.31. The summed E-state index contributed by atoms with van der Waals surface area (Å²) in [5.74, 6) is -2.01. The summed E-state index contributed by atoms with van der Waals surface area (Å²) in [7, 11) is 1.92. The Balaban J connectivity index is 1.56. The molecule has 2 heterocycles. The highest BCUT2D eigenvalue weighted by Gasteiger charge is 2.44. The van der Waals surface area contributed by atoms with Gasteiger partial charge in [-0.3, -0.25) is 29.4 Å². The Bertz CT molecular complexity index is 1030. The van der Waals surface area contributed by atoms with Crippen molar-refractivity contribution in [3.63, 3.8) is 0 Å². The van der Waals surface area contributed by atoms with Gasteiger partial charge in [0, 0.05) is 31.4 Å². The van der Waals surface area contributed by atoms with Gasteiger partial charge in [0.15, 0.2) is 0 Å². The average molecular weight is 392 g/mol. The molecule has 2 aromatic rings. The van der Waals surface area contributed by atoms with E-state index < -0.39 is 29.7 Å². The molecule has 4 amide bonds. The molecule has 2 aromatic carbocycles. The Morgan fingerprint density at radius 1 is 1.03 bits per heavy atom. The standard InChI is InChI=1S/C21H20N4O4/c1-24(14-5-3-13(22)4-6-14)11-12-2-7-15-16(10-12)21(29)25(20(15)28)17-8-9-18(26)23-19(17)27/h2-7,10,17H,8-9,11,22H2,1H3,(H,23,26,27). The van der Waals surface area contributed by atoms with Crippen LogP contribution >= 0.6 is 0 Å². The van der Waals surface area contributed by atoms with E-state index in [4.69, 9.17) is 5.73 Å². The molecule has 1 atom stereocenters. The minimum atomic E-state index is -0.957. The van der Waals surface area contributed by atoms with E-state index in [0.717, 1.165) is 16.2 Å². The predicted molar refractivity (Wildman–Crippen MR) is 106 cm³/mol. The van der Waals surface area contributed by atoms with Crippen LogP contribution in [0.4, 0.5) is 11.4 Å². The summed E-state index contributed by atoms with van der Waals surface area (Å²) >= 11 is 0. The van der Waals surface area contributed by atoms with Crippen LogP contribution in [0.25, 0.3) is 0 Å². The first-order valence-electron chi connectivity index (χ1n) is 9.26. The molecule has 1 fully saturated rings. The van der Waals surface area contributed by atoms with E-state index >= 15 is 0 Å². The van der Waals surface area contributed by atoms with Crippen molar-refractivity contribution >= 4 is 35.0 Å². The SMILES string of the molecule is CN(Cc1ccc2c(c1)C(=O)N(C1CCC(=O)NC1=O)C2=O)c1ccc(N)cc1. The second-order valence-corrected chi connectivity index (χ2v) is 7.27. The molecule has 8 heteroatoms. The van der Waals surface area contributed by atoms with E-state index in [-0.39, 0.29) is 24.0 Å². The number of hydrogen-bond acceptors (Lipinski definition) is 6. The number of hydrogen-bond donors (Lipinski definition) is 2. The Morgan fingerprint density at radius 2 is 1.72 bits per heavy atom. The number of carbonyl (C=O) groups excluding carboxylic acids is 4. The van der Waals surface area contributed by atoms with Crippen molar-refractivity contribution in [1.82, 2.24) is 10.2 Å². The number of nitrogens with zero attached hydrogens (tertiary/aromatic N) is 2. The maximum Gasteiger partial charge on any atom is 0.262 e. The van der Waals surface area contributed by atoms with Crippen LogP contribution in [0.15, 0.2) is 42.5 Å². The zero-order valence-corrected chi connectivity index (χ0v) is 15.8. The molecule has 0 bridgehead atoms. The molecule has 0 radical (unpaired) electrons. The average Bonchev–Trinajstić information content (AvgIpc) is 2.93. The lowest BCUT2D eigenvalue weighted by Gasteiger charge is -2.27. The Morgan fingerprint density at radius 3 is 2.41 bits per heavy atom. The number of amides is 4. The normalized spacial score (nSPS) is 18.7. The molecule has 148 valence electrons. The van der Waals surface area contributed by atoms with Crippen LogP contribution < -0.4 is 16.0 Å². The number of fused-ring (bicyclic) bond motifs is 1. The molecule has 2 aliphatic rings. The summed E-state index contributed by atoms with van der Waals surface area (Å²) in [4.78, 5) is 52.1. The molecule has 2 aliphatic heterocycles. The molecule has 1 unspecified atom stereocenters. The third-order valence-electron chi connectivity index (χ3n) is 5.26. The second kappa shape index (κ2) is 7.05. The third-order valence-corrected chi connectivity index (χ3v) is 5.26. The third kappa shape index (κ3) is 3.33. The first-order valence-corrected chi connectivity index (χ1v) is 9.26. The number of nitrogens with two attached hydrogens (primary N) is 1. The highest BCUT2D eigenvalue weighted by Crippen LogP contribution is 2.29. The summed E-state index contributed by atoms with van der Waals surface area (Å²) in [5, 5.41) is 2.19. The zero-order chi connectivity index (χ0) is 20.7. The largest absolute Gasteiger partial charge is 0.399 e. The Labute approximate surface area is 167 Å². The number of carbonyl (C=O) groups is 4. The lowest BCUT2D eigenvalue weighted by molar-refractivity contribution is -0.136. The van der Waals surface area contributed by atoms with Gasteiger partial charge in [-0.25, -0.2) is 0 Å². The van der Waals surface area contributed by atoms with Gasteiger partial charge in [-0.2, -0.15) is 0 Å². The van der Waals surface area contributed by atoms with Crippen molar-refractivity contribution in [2.24, 2.45) is 0 Å². The first-order chi connectivity index (χ1) is 13.8. The summed E-state index contributed by atoms with van der Waals surface area (Å²) < 4.78 is 0. The van der Waals surface area contributed by atoms with Crippen molar-refractivity contribution in [2.45, 2.75) is 25.4 Å². The lowest BCUT2D eigenvalue weighted by Crippen LogP contribution is -2.54. The Hall–Kier alpha value is -3.68. The van der Waals surface area contributed by atoms with E-state index in [1.54, 1.807) is 18.2 Å². The molecule has 4 rings (SSSR count). The topological polar surface area (TPSA) is 113 Å². The minimum absolute atomic E-state index is 0.0987. The van der Waals surface area contributed by atoms with E-state index in [0.29, 0.717) is 12.2 Å². The molecule has 1 saturated heterocycles. The summed E-state index contributed by atoms with van der Waals surface area (Å²) in [6.45, 7) is 0.525. The minimum Gasteiger partial charge on any atom is -0.399 e. The quantitative estimate of drug-likeness (QED) is 0.599. The molecule has 29 heavy (non-hydrogen) atoms. The fourth-order valence-corrected chi connectivity index (χ4v) is 3.71. The molecule has 0 spiro atoms. The number of nitrogen functional groups attached to an aromatic ring is 1. The maximum absolute atomic E-state index is 12.9. The number of nitrogens with one attached hydrogen (secondary N) is 1. The zero-order valence-electron chi connectivity index (χ0n) is 15.8. The van der Waals surface area contributed by atoms with Crippen molar-refractivity contribution in [3.05, 3.63) is 59.2 Å². The molecule has 0 aromatic heterocycles. The van der Waals surface area contributed by atoms with Crippen LogP contribution in [0, 0.1) is 0 Å². The fraction of sp³-hybridized carbons (Fsp3) is 0.238. The van der Waals surface area contributed by atoms with Gasteiger partial charge in [0.05, 0.1) is 11.1 Å². The smallest absolute Gasteiger partial charge is 0.262 e. The molecule has 3 N–H and O–H groups in total. The van der Waals surface area contributed by atoms with Crippen LogP contribution in [0.1, 0.15) is 39.1 Å². The molecule has 0 saturated carbocycles. The van der Waals surface area contributed by atoms with Crippen LogP contribution in [-0.4, -0.2) is 41.6 Å². The van der Waals surface area contributed by atoms with E-state index in [2.05, 4.69) is 5.32 Å². The summed E-state index contributed by atoms with van der Waals surface area (Å²) in [6, 6.07) is 11.6. The summed E-state index contributed by atoms with van der Waals surface area (Å²) in [5.41, 5.74) is 8.78. The van der Waals surface area contributed by atoms with Crippen molar-refractivity contribution < 1.29 is 19.2 Å².